The Morgan fingerprint density at radius 3 is 2.58 bits per heavy atom. The van der Waals surface area contributed by atoms with Crippen molar-refractivity contribution in [2.24, 2.45) is 5.92 Å². The van der Waals surface area contributed by atoms with E-state index in [1.165, 1.54) is 0 Å². The van der Waals surface area contributed by atoms with Crippen molar-refractivity contribution in [1.29, 1.82) is 0 Å². The highest BCUT2D eigenvalue weighted by molar-refractivity contribution is 5.98. The molecule has 0 radical (unpaired) electrons. The second-order valence-electron chi connectivity index (χ2n) is 8.93. The first-order chi connectivity index (χ1) is 16.1. The van der Waals surface area contributed by atoms with Crippen molar-refractivity contribution in [3.63, 3.8) is 0 Å². The molecular formula is C26H33N3O4. The molecule has 2 N–H and O–H groups in total. The van der Waals surface area contributed by atoms with Gasteiger partial charge in [-0.1, -0.05) is 13.0 Å². The molecule has 2 amide bonds. The first kappa shape index (κ1) is 23.1. The van der Waals surface area contributed by atoms with Gasteiger partial charge in [0.1, 0.15) is 12.4 Å². The van der Waals surface area contributed by atoms with Crippen LogP contribution in [0.15, 0.2) is 48.5 Å². The van der Waals surface area contributed by atoms with E-state index in [0.29, 0.717) is 23.8 Å². The Labute approximate surface area is 195 Å². The predicted octanol–water partition coefficient (Wildman–Crippen LogP) is 4.17. The van der Waals surface area contributed by atoms with Crippen LogP contribution in [-0.2, 0) is 9.53 Å². The SMILES string of the molecule is CC1CCN(C(=O)c2cccc(NC(=O)CNc3ccc(OCC4CCCO4)cc3)c2)CC1. The third-order valence-electron chi connectivity index (χ3n) is 6.23. The molecular weight excluding hydrogens is 418 g/mol. The van der Waals surface area contributed by atoms with Gasteiger partial charge in [0.25, 0.3) is 5.91 Å². The third kappa shape index (κ3) is 6.71. The molecule has 7 nitrogen and oxygen atoms in total. The number of carbonyl (C=O) groups is 2. The van der Waals surface area contributed by atoms with Crippen molar-refractivity contribution >= 4 is 23.2 Å². The highest BCUT2D eigenvalue weighted by atomic mass is 16.5. The van der Waals surface area contributed by atoms with Crippen LogP contribution in [0.4, 0.5) is 11.4 Å². The smallest absolute Gasteiger partial charge is 0.253 e. The Kier molecular flexibility index (Phi) is 7.83. The topological polar surface area (TPSA) is 79.9 Å². The minimum atomic E-state index is -0.176. The molecule has 2 saturated heterocycles. The van der Waals surface area contributed by atoms with Gasteiger partial charge >= 0.3 is 0 Å². The van der Waals surface area contributed by atoms with Gasteiger partial charge in [0, 0.05) is 36.6 Å². The largest absolute Gasteiger partial charge is 0.491 e. The van der Waals surface area contributed by atoms with Gasteiger partial charge in [-0.15, -0.1) is 0 Å². The van der Waals surface area contributed by atoms with Crippen molar-refractivity contribution < 1.29 is 19.1 Å². The summed E-state index contributed by atoms with van der Waals surface area (Å²) in [4.78, 5) is 27.1. The number of likely N-dealkylation sites (tertiary alicyclic amines) is 1. The summed E-state index contributed by atoms with van der Waals surface area (Å²) in [6, 6.07) is 14.7. The second kappa shape index (κ2) is 11.2. The van der Waals surface area contributed by atoms with E-state index < -0.39 is 0 Å². The van der Waals surface area contributed by atoms with Crippen LogP contribution < -0.4 is 15.4 Å². The minimum Gasteiger partial charge on any atom is -0.491 e. The van der Waals surface area contributed by atoms with Crippen LogP contribution in [0, 0.1) is 5.92 Å². The molecule has 2 aliphatic heterocycles. The second-order valence-corrected chi connectivity index (χ2v) is 8.93. The summed E-state index contributed by atoms with van der Waals surface area (Å²) in [6.45, 7) is 5.31. The Morgan fingerprint density at radius 1 is 1.06 bits per heavy atom. The number of carbonyl (C=O) groups excluding carboxylic acids is 2. The lowest BCUT2D eigenvalue weighted by molar-refractivity contribution is -0.114. The zero-order valence-corrected chi connectivity index (χ0v) is 19.2. The van der Waals surface area contributed by atoms with E-state index in [9.17, 15) is 9.59 Å². The van der Waals surface area contributed by atoms with Crippen LogP contribution in [0.3, 0.4) is 0 Å². The van der Waals surface area contributed by atoms with Crippen LogP contribution in [-0.4, -0.2) is 55.7 Å². The van der Waals surface area contributed by atoms with Gasteiger partial charge in [-0.05, 0) is 74.1 Å². The third-order valence-corrected chi connectivity index (χ3v) is 6.23. The zero-order valence-electron chi connectivity index (χ0n) is 19.2. The Bertz CT molecular complexity index is 933. The molecule has 0 aromatic heterocycles. The van der Waals surface area contributed by atoms with Crippen molar-refractivity contribution in [2.75, 3.05) is 43.5 Å². The number of piperidine rings is 1. The Balaban J connectivity index is 1.23. The number of benzene rings is 2. The molecule has 176 valence electrons. The van der Waals surface area contributed by atoms with E-state index in [4.69, 9.17) is 9.47 Å². The van der Waals surface area contributed by atoms with Gasteiger partial charge in [-0.3, -0.25) is 9.59 Å². The van der Waals surface area contributed by atoms with Gasteiger partial charge in [0.15, 0.2) is 0 Å². The molecule has 0 spiro atoms. The van der Waals surface area contributed by atoms with E-state index in [1.807, 2.05) is 29.2 Å². The summed E-state index contributed by atoms with van der Waals surface area (Å²) in [5.41, 5.74) is 2.06. The average Bonchev–Trinajstić information content (AvgIpc) is 3.36. The molecule has 1 unspecified atom stereocenters. The van der Waals surface area contributed by atoms with E-state index in [-0.39, 0.29) is 24.5 Å². The molecule has 2 heterocycles. The van der Waals surface area contributed by atoms with Crippen LogP contribution in [0.2, 0.25) is 0 Å². The molecule has 2 aliphatic rings. The number of anilines is 2. The van der Waals surface area contributed by atoms with Crippen molar-refractivity contribution in [3.8, 4) is 5.75 Å². The maximum atomic E-state index is 12.8. The van der Waals surface area contributed by atoms with Crippen molar-refractivity contribution in [1.82, 2.24) is 4.90 Å². The van der Waals surface area contributed by atoms with Crippen molar-refractivity contribution in [2.45, 2.75) is 38.7 Å². The van der Waals surface area contributed by atoms with Crippen LogP contribution >= 0.6 is 0 Å². The summed E-state index contributed by atoms with van der Waals surface area (Å²) in [7, 11) is 0. The predicted molar refractivity (Wildman–Crippen MR) is 129 cm³/mol. The molecule has 0 bridgehead atoms. The highest BCUT2D eigenvalue weighted by Gasteiger charge is 2.21. The summed E-state index contributed by atoms with van der Waals surface area (Å²) >= 11 is 0. The number of rotatable bonds is 8. The zero-order chi connectivity index (χ0) is 23.0. The molecule has 0 saturated carbocycles. The fourth-order valence-electron chi connectivity index (χ4n) is 4.15. The number of ether oxygens (including phenoxy) is 2. The number of nitrogens with one attached hydrogen (secondary N) is 2. The van der Waals surface area contributed by atoms with Gasteiger partial charge in [-0.2, -0.15) is 0 Å². The van der Waals surface area contributed by atoms with Crippen molar-refractivity contribution in [3.05, 3.63) is 54.1 Å². The molecule has 2 aromatic carbocycles. The first-order valence-corrected chi connectivity index (χ1v) is 11.8. The molecule has 4 rings (SSSR count). The molecule has 0 aliphatic carbocycles. The lowest BCUT2D eigenvalue weighted by atomic mass is 9.98. The number of nitrogens with zero attached hydrogens (tertiary/aromatic N) is 1. The van der Waals surface area contributed by atoms with E-state index in [1.54, 1.807) is 24.3 Å². The Morgan fingerprint density at radius 2 is 1.85 bits per heavy atom. The summed E-state index contributed by atoms with van der Waals surface area (Å²) in [5, 5.41) is 5.98. The molecule has 2 fully saturated rings. The molecule has 7 heteroatoms. The maximum Gasteiger partial charge on any atom is 0.253 e. The van der Waals surface area contributed by atoms with E-state index in [0.717, 1.165) is 56.8 Å². The average molecular weight is 452 g/mol. The highest BCUT2D eigenvalue weighted by Crippen LogP contribution is 2.20. The Hall–Kier alpha value is -3.06. The van der Waals surface area contributed by atoms with Crippen LogP contribution in [0.25, 0.3) is 0 Å². The standard InChI is InChI=1S/C26H33N3O4/c1-19-11-13-29(14-12-19)26(31)20-4-2-5-22(16-20)28-25(30)17-27-21-7-9-23(10-8-21)33-18-24-6-3-15-32-24/h2,4-5,7-10,16,19,24,27H,3,6,11-15,17-18H2,1H3,(H,28,30). The fraction of sp³-hybridized carbons (Fsp3) is 0.462. The van der Waals surface area contributed by atoms with Gasteiger partial charge in [-0.25, -0.2) is 0 Å². The summed E-state index contributed by atoms with van der Waals surface area (Å²) in [6.07, 6.45) is 4.40. The summed E-state index contributed by atoms with van der Waals surface area (Å²) < 4.78 is 11.3. The monoisotopic (exact) mass is 451 g/mol. The van der Waals surface area contributed by atoms with Crippen LogP contribution in [0.1, 0.15) is 43.0 Å². The van der Waals surface area contributed by atoms with Gasteiger partial charge in [0.05, 0.1) is 12.6 Å². The molecule has 1 atom stereocenters. The van der Waals surface area contributed by atoms with E-state index >= 15 is 0 Å². The number of hydrogen-bond acceptors (Lipinski definition) is 5. The lowest BCUT2D eigenvalue weighted by Crippen LogP contribution is -2.37. The quantitative estimate of drug-likeness (QED) is 0.630. The van der Waals surface area contributed by atoms with Gasteiger partial charge in [0.2, 0.25) is 5.91 Å². The normalized spacial score (nSPS) is 18.7. The number of hydrogen-bond donors (Lipinski definition) is 2. The van der Waals surface area contributed by atoms with Crippen LogP contribution in [0.5, 0.6) is 5.75 Å². The molecule has 2 aromatic rings. The van der Waals surface area contributed by atoms with E-state index in [2.05, 4.69) is 17.6 Å². The minimum absolute atomic E-state index is 0.0259. The lowest BCUT2D eigenvalue weighted by Gasteiger charge is -2.30. The molecule has 33 heavy (non-hydrogen) atoms. The fourth-order valence-corrected chi connectivity index (χ4v) is 4.15. The first-order valence-electron chi connectivity index (χ1n) is 11.8. The maximum absolute atomic E-state index is 12.8. The summed E-state index contributed by atoms with van der Waals surface area (Å²) in [5.74, 6) is 1.30. The number of amides is 2. The van der Waals surface area contributed by atoms with Gasteiger partial charge < -0.3 is 25.0 Å².